The minimum atomic E-state index is -4.75. The predicted molar refractivity (Wildman–Crippen MR) is 160 cm³/mol. The third-order valence-corrected chi connectivity index (χ3v) is 7.05. The van der Waals surface area contributed by atoms with Crippen LogP contribution in [0.1, 0.15) is 117 Å². The Kier molecular flexibility index (Phi) is 21.6. The normalized spacial score (nSPS) is 18.0. The Morgan fingerprint density at radius 1 is 0.756 bits per heavy atom. The van der Waals surface area contributed by atoms with Crippen molar-refractivity contribution in [3.63, 3.8) is 0 Å². The quantitative estimate of drug-likeness (QED) is 0.0346. The number of esters is 2. The van der Waals surface area contributed by atoms with Gasteiger partial charge in [-0.1, -0.05) is 88.8 Å². The summed E-state index contributed by atoms with van der Waals surface area (Å²) in [6.45, 7) is 3.45. The van der Waals surface area contributed by atoms with Gasteiger partial charge >= 0.3 is 19.8 Å². The van der Waals surface area contributed by atoms with E-state index in [4.69, 9.17) is 24.0 Å². The number of ether oxygens (including phenoxy) is 3. The summed E-state index contributed by atoms with van der Waals surface area (Å²) < 4.78 is 31.7. The number of rotatable bonds is 26. The zero-order valence-electron chi connectivity index (χ0n) is 25.1. The Bertz CT molecular complexity index is 833. The van der Waals surface area contributed by atoms with Gasteiger partial charge in [0.25, 0.3) is 0 Å². The number of carbonyl (C=O) groups excluding carboxylic acids is 2. The van der Waals surface area contributed by atoms with E-state index >= 15 is 0 Å². The van der Waals surface area contributed by atoms with Gasteiger partial charge in [0, 0.05) is 12.8 Å². The molecule has 1 aliphatic rings. The lowest BCUT2D eigenvalue weighted by Gasteiger charge is -2.18. The van der Waals surface area contributed by atoms with Gasteiger partial charge in [0.15, 0.2) is 6.10 Å². The molecule has 2 N–H and O–H groups in total. The standard InChI is InChI=1S/C31H53O9P/c1-3-5-7-9-10-11-12-14-17-21-28-29(40-28)22-18-15-16-20-24-31(33)39-27(26-38-41(34,35)36)25-37-30(32)23-19-13-8-6-4-2/h10-11,14-15,17-18,27-29H,3-9,12-13,16,19-26H2,1-2H3,(H2,34,35,36)/b11-10-,17-14-,18-15-/t27-,28?,29?/m1/s1. The molecule has 2 unspecified atom stereocenters. The number of hydrogen-bond acceptors (Lipinski definition) is 7. The second-order valence-corrected chi connectivity index (χ2v) is 11.7. The molecule has 0 aromatic carbocycles. The Morgan fingerprint density at radius 3 is 2.05 bits per heavy atom. The highest BCUT2D eigenvalue weighted by Crippen LogP contribution is 2.36. The highest BCUT2D eigenvalue weighted by atomic mass is 31.2. The predicted octanol–water partition coefficient (Wildman–Crippen LogP) is 7.27. The van der Waals surface area contributed by atoms with Crippen LogP contribution in [0, 0.1) is 0 Å². The summed E-state index contributed by atoms with van der Waals surface area (Å²) in [4.78, 5) is 42.1. The molecule has 0 radical (unpaired) electrons. The first kappa shape index (κ1) is 37.3. The molecule has 0 amide bonds. The molecule has 1 aliphatic heterocycles. The molecule has 1 saturated heterocycles. The van der Waals surface area contributed by atoms with Gasteiger partial charge in [-0.2, -0.15) is 0 Å². The van der Waals surface area contributed by atoms with E-state index in [0.29, 0.717) is 19.3 Å². The van der Waals surface area contributed by atoms with Crippen LogP contribution in [0.5, 0.6) is 0 Å². The van der Waals surface area contributed by atoms with Crippen LogP contribution in [0.3, 0.4) is 0 Å². The third kappa shape index (κ3) is 23.5. The van der Waals surface area contributed by atoms with Gasteiger partial charge in [0.05, 0.1) is 18.8 Å². The van der Waals surface area contributed by atoms with Crippen molar-refractivity contribution in [2.24, 2.45) is 0 Å². The largest absolute Gasteiger partial charge is 0.469 e. The van der Waals surface area contributed by atoms with Crippen molar-refractivity contribution in [2.75, 3.05) is 13.2 Å². The fourth-order valence-electron chi connectivity index (χ4n) is 4.11. The maximum Gasteiger partial charge on any atom is 0.469 e. The van der Waals surface area contributed by atoms with Crippen LogP contribution in [0.15, 0.2) is 36.5 Å². The van der Waals surface area contributed by atoms with E-state index in [1.807, 2.05) is 6.08 Å². The molecule has 10 heteroatoms. The zero-order valence-corrected chi connectivity index (χ0v) is 26.0. The van der Waals surface area contributed by atoms with E-state index < -0.39 is 32.5 Å². The van der Waals surface area contributed by atoms with E-state index in [0.717, 1.165) is 51.4 Å². The van der Waals surface area contributed by atoms with Crippen molar-refractivity contribution in [1.82, 2.24) is 0 Å². The second kappa shape index (κ2) is 23.8. The van der Waals surface area contributed by atoms with Crippen LogP contribution in [0.2, 0.25) is 0 Å². The number of epoxide rings is 1. The molecule has 0 aromatic heterocycles. The summed E-state index contributed by atoms with van der Waals surface area (Å²) in [5.41, 5.74) is 0. The molecule has 1 fully saturated rings. The number of unbranched alkanes of at least 4 members (excludes halogenated alkanes) is 8. The molecule has 41 heavy (non-hydrogen) atoms. The van der Waals surface area contributed by atoms with E-state index in [2.05, 4.69) is 48.8 Å². The summed E-state index contributed by atoms with van der Waals surface area (Å²) in [6, 6.07) is 0. The molecular formula is C31H53O9P. The molecule has 0 bridgehead atoms. The van der Waals surface area contributed by atoms with Crippen molar-refractivity contribution >= 4 is 19.8 Å². The molecule has 1 rings (SSSR count). The minimum absolute atomic E-state index is 0.128. The summed E-state index contributed by atoms with van der Waals surface area (Å²) in [6.07, 6.45) is 26.6. The molecular weight excluding hydrogens is 547 g/mol. The van der Waals surface area contributed by atoms with E-state index in [-0.39, 0.29) is 31.7 Å². The second-order valence-electron chi connectivity index (χ2n) is 10.5. The average Bonchev–Trinajstić information content (AvgIpc) is 3.68. The molecule has 0 aliphatic carbocycles. The van der Waals surface area contributed by atoms with Crippen LogP contribution >= 0.6 is 7.82 Å². The number of hydrogen-bond donors (Lipinski definition) is 2. The van der Waals surface area contributed by atoms with Gasteiger partial charge in [-0.25, -0.2) is 4.57 Å². The Labute approximate surface area is 247 Å². The lowest BCUT2D eigenvalue weighted by molar-refractivity contribution is -0.161. The van der Waals surface area contributed by atoms with Crippen molar-refractivity contribution in [2.45, 2.75) is 135 Å². The fourth-order valence-corrected chi connectivity index (χ4v) is 4.47. The summed E-state index contributed by atoms with van der Waals surface area (Å²) in [7, 11) is -4.75. The Morgan fingerprint density at radius 2 is 1.34 bits per heavy atom. The zero-order chi connectivity index (χ0) is 30.2. The van der Waals surface area contributed by atoms with Crippen LogP contribution in [0.25, 0.3) is 0 Å². The van der Waals surface area contributed by atoms with Crippen LogP contribution in [0.4, 0.5) is 0 Å². The first-order valence-electron chi connectivity index (χ1n) is 15.4. The monoisotopic (exact) mass is 600 g/mol. The lowest BCUT2D eigenvalue weighted by atomic mass is 10.1. The average molecular weight is 601 g/mol. The van der Waals surface area contributed by atoms with Gasteiger partial charge < -0.3 is 24.0 Å². The van der Waals surface area contributed by atoms with Gasteiger partial charge in [-0.05, 0) is 51.4 Å². The van der Waals surface area contributed by atoms with Crippen molar-refractivity contribution < 1.29 is 42.7 Å². The fraction of sp³-hybridized carbons (Fsp3) is 0.742. The van der Waals surface area contributed by atoms with Crippen LogP contribution in [-0.4, -0.2) is 53.3 Å². The molecule has 0 spiro atoms. The van der Waals surface area contributed by atoms with Crippen LogP contribution < -0.4 is 0 Å². The molecule has 1 heterocycles. The number of phosphoric acid groups is 1. The summed E-state index contributed by atoms with van der Waals surface area (Å²) >= 11 is 0. The first-order chi connectivity index (χ1) is 19.7. The topological polar surface area (TPSA) is 132 Å². The summed E-state index contributed by atoms with van der Waals surface area (Å²) in [5.74, 6) is -0.978. The molecule has 3 atom stereocenters. The van der Waals surface area contributed by atoms with Crippen molar-refractivity contribution in [1.29, 1.82) is 0 Å². The van der Waals surface area contributed by atoms with Crippen molar-refractivity contribution in [3.05, 3.63) is 36.5 Å². The van der Waals surface area contributed by atoms with Crippen molar-refractivity contribution in [3.8, 4) is 0 Å². The van der Waals surface area contributed by atoms with Gasteiger partial charge in [0.1, 0.15) is 6.61 Å². The third-order valence-electron chi connectivity index (χ3n) is 6.56. The van der Waals surface area contributed by atoms with Gasteiger partial charge in [-0.15, -0.1) is 0 Å². The molecule has 0 saturated carbocycles. The van der Waals surface area contributed by atoms with Gasteiger partial charge in [0.2, 0.25) is 0 Å². The summed E-state index contributed by atoms with van der Waals surface area (Å²) in [5, 5.41) is 0. The maximum atomic E-state index is 12.2. The SMILES string of the molecule is CCCCC/C=C\C/C=C\CC1OC1C/C=C\CCCC(=O)O[C@H](COC(=O)CCCCCCC)COP(=O)(O)O. The minimum Gasteiger partial charge on any atom is -0.462 e. The highest BCUT2D eigenvalue weighted by Gasteiger charge is 2.36. The number of carbonyl (C=O) groups is 2. The number of allylic oxidation sites excluding steroid dienone is 4. The Balaban J connectivity index is 2.20. The van der Waals surface area contributed by atoms with Gasteiger partial charge in [-0.3, -0.25) is 14.1 Å². The molecule has 9 nitrogen and oxygen atoms in total. The lowest BCUT2D eigenvalue weighted by Crippen LogP contribution is -2.29. The smallest absolute Gasteiger partial charge is 0.462 e. The molecule has 236 valence electrons. The van der Waals surface area contributed by atoms with Crippen LogP contribution in [-0.2, 0) is 32.9 Å². The maximum absolute atomic E-state index is 12.2. The Hall–Kier alpha value is -1.77. The first-order valence-corrected chi connectivity index (χ1v) is 16.9. The van der Waals surface area contributed by atoms with E-state index in [1.165, 1.54) is 19.3 Å². The number of phosphoric ester groups is 1. The highest BCUT2D eigenvalue weighted by molar-refractivity contribution is 7.46. The molecule has 0 aromatic rings. The van der Waals surface area contributed by atoms with E-state index in [9.17, 15) is 14.2 Å². The van der Waals surface area contributed by atoms with E-state index in [1.54, 1.807) is 0 Å².